The Bertz CT molecular complexity index is 479. The minimum atomic E-state index is -0.0398. The molecule has 3 nitrogen and oxygen atoms in total. The van der Waals surface area contributed by atoms with Crippen molar-refractivity contribution in [2.24, 2.45) is 11.7 Å². The SMILES string of the molecule is CC(C)C(N)CC(=O)N1CC=C(c2ccccc2)CC1. The van der Waals surface area contributed by atoms with Crippen molar-refractivity contribution >= 4 is 11.5 Å². The number of amides is 1. The van der Waals surface area contributed by atoms with Crippen LogP contribution in [0.25, 0.3) is 5.57 Å². The van der Waals surface area contributed by atoms with E-state index < -0.39 is 0 Å². The molecular weight excluding hydrogens is 248 g/mol. The van der Waals surface area contributed by atoms with Crippen LogP contribution in [0.15, 0.2) is 36.4 Å². The van der Waals surface area contributed by atoms with Gasteiger partial charge in [-0.15, -0.1) is 0 Å². The van der Waals surface area contributed by atoms with Crippen LogP contribution in [0.3, 0.4) is 0 Å². The molecule has 0 bridgehead atoms. The molecule has 1 atom stereocenters. The molecule has 1 amide bonds. The Morgan fingerprint density at radius 1 is 1.30 bits per heavy atom. The molecule has 108 valence electrons. The Kier molecular flexibility index (Phi) is 4.96. The molecular formula is C17H24N2O. The van der Waals surface area contributed by atoms with E-state index in [1.807, 2.05) is 11.0 Å². The molecule has 0 spiro atoms. The first-order valence-electron chi connectivity index (χ1n) is 7.35. The van der Waals surface area contributed by atoms with Gasteiger partial charge in [0, 0.05) is 25.6 Å². The molecule has 3 heteroatoms. The maximum absolute atomic E-state index is 12.2. The topological polar surface area (TPSA) is 46.3 Å². The average molecular weight is 272 g/mol. The van der Waals surface area contributed by atoms with Crippen LogP contribution < -0.4 is 5.73 Å². The summed E-state index contributed by atoms with van der Waals surface area (Å²) >= 11 is 0. The number of nitrogens with two attached hydrogens (primary N) is 1. The molecule has 2 N–H and O–H groups in total. The van der Waals surface area contributed by atoms with Crippen molar-refractivity contribution in [2.75, 3.05) is 13.1 Å². The average Bonchev–Trinajstić information content (AvgIpc) is 2.48. The third-order valence-electron chi connectivity index (χ3n) is 3.97. The largest absolute Gasteiger partial charge is 0.339 e. The number of nitrogens with zero attached hydrogens (tertiary/aromatic N) is 1. The monoisotopic (exact) mass is 272 g/mol. The molecule has 2 rings (SSSR count). The van der Waals surface area contributed by atoms with Crippen LogP contribution in [0.1, 0.15) is 32.3 Å². The highest BCUT2D eigenvalue weighted by molar-refractivity contribution is 5.78. The van der Waals surface area contributed by atoms with E-state index in [1.165, 1.54) is 11.1 Å². The molecule has 0 saturated carbocycles. The number of hydrogen-bond acceptors (Lipinski definition) is 2. The lowest BCUT2D eigenvalue weighted by atomic mass is 9.98. The zero-order valence-corrected chi connectivity index (χ0v) is 12.4. The van der Waals surface area contributed by atoms with E-state index in [2.05, 4.69) is 44.2 Å². The van der Waals surface area contributed by atoms with Gasteiger partial charge in [0.1, 0.15) is 0 Å². The van der Waals surface area contributed by atoms with E-state index in [0.717, 1.165) is 13.0 Å². The number of benzene rings is 1. The highest BCUT2D eigenvalue weighted by Gasteiger charge is 2.20. The van der Waals surface area contributed by atoms with E-state index >= 15 is 0 Å². The lowest BCUT2D eigenvalue weighted by Gasteiger charge is -2.28. The molecule has 1 aliphatic heterocycles. The van der Waals surface area contributed by atoms with Crippen molar-refractivity contribution in [1.29, 1.82) is 0 Å². The van der Waals surface area contributed by atoms with Crippen LogP contribution in [0.4, 0.5) is 0 Å². The smallest absolute Gasteiger partial charge is 0.224 e. The quantitative estimate of drug-likeness (QED) is 0.916. The summed E-state index contributed by atoms with van der Waals surface area (Å²) in [5, 5.41) is 0. The summed E-state index contributed by atoms with van der Waals surface area (Å²) < 4.78 is 0. The molecule has 1 aromatic carbocycles. The van der Waals surface area contributed by atoms with Gasteiger partial charge in [-0.2, -0.15) is 0 Å². The second kappa shape index (κ2) is 6.71. The van der Waals surface area contributed by atoms with Crippen molar-refractivity contribution in [3.8, 4) is 0 Å². The number of rotatable bonds is 4. The van der Waals surface area contributed by atoms with Crippen LogP contribution in [-0.2, 0) is 4.79 Å². The first-order valence-corrected chi connectivity index (χ1v) is 7.35. The molecule has 0 fully saturated rings. The maximum Gasteiger partial charge on any atom is 0.224 e. The van der Waals surface area contributed by atoms with Gasteiger partial charge in [-0.3, -0.25) is 4.79 Å². The van der Waals surface area contributed by atoms with Crippen LogP contribution in [0, 0.1) is 5.92 Å². The third-order valence-corrected chi connectivity index (χ3v) is 3.97. The highest BCUT2D eigenvalue weighted by Crippen LogP contribution is 2.22. The van der Waals surface area contributed by atoms with Gasteiger partial charge in [0.05, 0.1) is 0 Å². The van der Waals surface area contributed by atoms with Gasteiger partial charge in [-0.05, 0) is 23.5 Å². The van der Waals surface area contributed by atoms with Crippen molar-refractivity contribution in [2.45, 2.75) is 32.7 Å². The first-order chi connectivity index (χ1) is 9.58. The molecule has 20 heavy (non-hydrogen) atoms. The van der Waals surface area contributed by atoms with Crippen LogP contribution in [0.5, 0.6) is 0 Å². The van der Waals surface area contributed by atoms with Crippen molar-refractivity contribution in [3.63, 3.8) is 0 Å². The predicted octanol–water partition coefficient (Wildman–Crippen LogP) is 2.68. The fourth-order valence-electron chi connectivity index (χ4n) is 2.38. The Morgan fingerprint density at radius 3 is 2.55 bits per heavy atom. The summed E-state index contributed by atoms with van der Waals surface area (Å²) in [5.74, 6) is 0.522. The fraction of sp³-hybridized carbons (Fsp3) is 0.471. The van der Waals surface area contributed by atoms with Gasteiger partial charge < -0.3 is 10.6 Å². The van der Waals surface area contributed by atoms with E-state index in [-0.39, 0.29) is 11.9 Å². The Morgan fingerprint density at radius 2 is 2.00 bits per heavy atom. The fourth-order valence-corrected chi connectivity index (χ4v) is 2.38. The second-order valence-electron chi connectivity index (χ2n) is 5.80. The van der Waals surface area contributed by atoms with E-state index in [1.54, 1.807) is 0 Å². The minimum absolute atomic E-state index is 0.0398. The van der Waals surface area contributed by atoms with Crippen molar-refractivity contribution in [3.05, 3.63) is 42.0 Å². The molecule has 1 aliphatic rings. The molecule has 1 aromatic rings. The van der Waals surface area contributed by atoms with Crippen LogP contribution in [-0.4, -0.2) is 29.9 Å². The van der Waals surface area contributed by atoms with E-state index in [4.69, 9.17) is 5.73 Å². The number of carbonyl (C=O) groups excluding carboxylic acids is 1. The van der Waals surface area contributed by atoms with Crippen molar-refractivity contribution in [1.82, 2.24) is 4.90 Å². The number of hydrogen-bond donors (Lipinski definition) is 1. The lowest BCUT2D eigenvalue weighted by molar-refractivity contribution is -0.131. The Hall–Kier alpha value is -1.61. The molecule has 1 heterocycles. The molecule has 0 radical (unpaired) electrons. The minimum Gasteiger partial charge on any atom is -0.339 e. The molecule has 0 aliphatic carbocycles. The summed E-state index contributed by atoms with van der Waals surface area (Å²) in [6.07, 6.45) is 3.54. The lowest BCUT2D eigenvalue weighted by Crippen LogP contribution is -2.39. The van der Waals surface area contributed by atoms with Gasteiger partial charge in [-0.25, -0.2) is 0 Å². The summed E-state index contributed by atoms with van der Waals surface area (Å²) in [6, 6.07) is 10.3. The molecule has 0 saturated heterocycles. The maximum atomic E-state index is 12.2. The van der Waals surface area contributed by atoms with Crippen molar-refractivity contribution < 1.29 is 4.79 Å². The summed E-state index contributed by atoms with van der Waals surface area (Å²) in [7, 11) is 0. The van der Waals surface area contributed by atoms with E-state index in [9.17, 15) is 4.79 Å². The predicted molar refractivity (Wildman–Crippen MR) is 83.0 cm³/mol. The first kappa shape index (κ1) is 14.8. The standard InChI is InChI=1S/C17H24N2O/c1-13(2)16(18)12-17(20)19-10-8-15(9-11-19)14-6-4-3-5-7-14/h3-8,13,16H,9-12,18H2,1-2H3. The van der Waals surface area contributed by atoms with Crippen LogP contribution in [0.2, 0.25) is 0 Å². The van der Waals surface area contributed by atoms with Gasteiger partial charge in [0.2, 0.25) is 5.91 Å². The summed E-state index contributed by atoms with van der Waals surface area (Å²) in [4.78, 5) is 14.1. The Labute approximate surface area is 121 Å². The van der Waals surface area contributed by atoms with Gasteiger partial charge >= 0.3 is 0 Å². The summed E-state index contributed by atoms with van der Waals surface area (Å²) in [6.45, 7) is 5.61. The van der Waals surface area contributed by atoms with Gasteiger partial charge in [0.15, 0.2) is 0 Å². The molecule has 0 aromatic heterocycles. The summed E-state index contributed by atoms with van der Waals surface area (Å²) in [5.41, 5.74) is 8.58. The number of carbonyl (C=O) groups is 1. The highest BCUT2D eigenvalue weighted by atomic mass is 16.2. The second-order valence-corrected chi connectivity index (χ2v) is 5.80. The van der Waals surface area contributed by atoms with Gasteiger partial charge in [0.25, 0.3) is 0 Å². The third kappa shape index (κ3) is 3.70. The Balaban J connectivity index is 1.93. The van der Waals surface area contributed by atoms with E-state index in [0.29, 0.717) is 18.9 Å². The van der Waals surface area contributed by atoms with Crippen LogP contribution >= 0.6 is 0 Å². The normalized spacial score (nSPS) is 17.0. The van der Waals surface area contributed by atoms with Gasteiger partial charge in [-0.1, -0.05) is 50.3 Å². The zero-order chi connectivity index (χ0) is 14.5. The zero-order valence-electron chi connectivity index (χ0n) is 12.4. The molecule has 1 unspecified atom stereocenters.